The molecule has 0 radical (unpaired) electrons. The Kier molecular flexibility index (Phi) is 6.95. The Labute approximate surface area is 205 Å². The smallest absolute Gasteiger partial charge is 0.337 e. The molecule has 0 spiro atoms. The highest BCUT2D eigenvalue weighted by molar-refractivity contribution is 8.26. The van der Waals surface area contributed by atoms with Crippen LogP contribution in [-0.4, -0.2) is 41.3 Å². The van der Waals surface area contributed by atoms with Gasteiger partial charge in [-0.25, -0.2) is 9.59 Å². The van der Waals surface area contributed by atoms with Crippen LogP contribution in [0.5, 0.6) is 0 Å². The third-order valence-corrected chi connectivity index (χ3v) is 6.39. The fraction of sp³-hybridized carbons (Fsp3) is 0.120. The van der Waals surface area contributed by atoms with Crippen molar-refractivity contribution in [1.82, 2.24) is 4.90 Å². The van der Waals surface area contributed by atoms with E-state index in [9.17, 15) is 14.4 Å². The molecule has 2 heterocycles. The fourth-order valence-electron chi connectivity index (χ4n) is 3.36. The molecule has 1 aliphatic heterocycles. The van der Waals surface area contributed by atoms with Gasteiger partial charge in [0.25, 0.3) is 5.91 Å². The molecule has 1 aliphatic rings. The Bertz CT molecular complexity index is 1280. The average molecular weight is 494 g/mol. The first-order valence-corrected chi connectivity index (χ1v) is 11.3. The van der Waals surface area contributed by atoms with Crippen molar-refractivity contribution in [3.63, 3.8) is 0 Å². The summed E-state index contributed by atoms with van der Waals surface area (Å²) < 4.78 is 15.9. The van der Waals surface area contributed by atoms with Crippen LogP contribution >= 0.6 is 24.0 Å². The maximum atomic E-state index is 12.9. The number of hydrogen-bond donors (Lipinski definition) is 0. The normalized spacial score (nSPS) is 14.5. The van der Waals surface area contributed by atoms with Crippen LogP contribution in [0.25, 0.3) is 17.4 Å². The van der Waals surface area contributed by atoms with Gasteiger partial charge in [0.05, 0.1) is 36.8 Å². The summed E-state index contributed by atoms with van der Waals surface area (Å²) in [5.41, 5.74) is 1.83. The molecule has 3 aromatic rings. The number of carbonyl (C=O) groups excluding carboxylic acids is 3. The van der Waals surface area contributed by atoms with Crippen LogP contribution in [0.3, 0.4) is 0 Å². The van der Waals surface area contributed by atoms with Crippen molar-refractivity contribution in [2.75, 3.05) is 14.2 Å². The maximum absolute atomic E-state index is 12.9. The summed E-state index contributed by atoms with van der Waals surface area (Å²) in [4.78, 5) is 39.0. The van der Waals surface area contributed by atoms with E-state index in [0.29, 0.717) is 32.9 Å². The number of ether oxygens (including phenoxy) is 2. The molecule has 0 atom stereocenters. The zero-order valence-electron chi connectivity index (χ0n) is 18.3. The first-order valence-electron chi connectivity index (χ1n) is 10.1. The number of methoxy groups -OCH3 is 2. The third-order valence-electron chi connectivity index (χ3n) is 5.02. The largest absolute Gasteiger partial charge is 0.465 e. The topological polar surface area (TPSA) is 86.1 Å². The summed E-state index contributed by atoms with van der Waals surface area (Å²) in [6.07, 6.45) is 1.62. The van der Waals surface area contributed by atoms with Crippen molar-refractivity contribution in [2.24, 2.45) is 0 Å². The van der Waals surface area contributed by atoms with Crippen LogP contribution in [0.1, 0.15) is 32.0 Å². The first kappa shape index (κ1) is 23.5. The molecule has 0 N–H and O–H groups in total. The van der Waals surface area contributed by atoms with Gasteiger partial charge in [-0.1, -0.05) is 54.3 Å². The summed E-state index contributed by atoms with van der Waals surface area (Å²) in [7, 11) is 2.51. The van der Waals surface area contributed by atoms with E-state index in [-0.39, 0.29) is 17.0 Å². The minimum Gasteiger partial charge on any atom is -0.465 e. The summed E-state index contributed by atoms with van der Waals surface area (Å²) in [6.45, 7) is 0.392. The minimum absolute atomic E-state index is 0.181. The Hall–Kier alpha value is -3.69. The van der Waals surface area contributed by atoms with Crippen LogP contribution < -0.4 is 0 Å². The van der Waals surface area contributed by atoms with Gasteiger partial charge in [0.1, 0.15) is 15.8 Å². The number of thiocarbonyl (C=S) groups is 1. The lowest BCUT2D eigenvalue weighted by Crippen LogP contribution is -2.27. The van der Waals surface area contributed by atoms with Crippen LogP contribution in [0.15, 0.2) is 70.0 Å². The Balaban J connectivity index is 1.60. The molecule has 34 heavy (non-hydrogen) atoms. The third kappa shape index (κ3) is 4.95. The van der Waals surface area contributed by atoms with E-state index in [1.54, 1.807) is 35.2 Å². The van der Waals surface area contributed by atoms with Crippen molar-refractivity contribution in [3.05, 3.63) is 88.0 Å². The number of nitrogens with zero attached hydrogens (tertiary/aromatic N) is 1. The highest BCUT2D eigenvalue weighted by Crippen LogP contribution is 2.35. The van der Waals surface area contributed by atoms with Gasteiger partial charge in [0, 0.05) is 11.6 Å². The highest BCUT2D eigenvalue weighted by Gasteiger charge is 2.32. The van der Waals surface area contributed by atoms with Crippen LogP contribution in [-0.2, 0) is 20.8 Å². The average Bonchev–Trinajstić information content (AvgIpc) is 3.43. The van der Waals surface area contributed by atoms with E-state index >= 15 is 0 Å². The van der Waals surface area contributed by atoms with Gasteiger partial charge in [0.2, 0.25) is 0 Å². The van der Waals surface area contributed by atoms with E-state index in [2.05, 4.69) is 0 Å². The van der Waals surface area contributed by atoms with Gasteiger partial charge < -0.3 is 13.9 Å². The van der Waals surface area contributed by atoms with Gasteiger partial charge in [-0.15, -0.1) is 0 Å². The fourth-order valence-corrected chi connectivity index (χ4v) is 4.59. The molecule has 9 heteroatoms. The molecule has 1 amide bonds. The summed E-state index contributed by atoms with van der Waals surface area (Å²) >= 11 is 6.61. The van der Waals surface area contributed by atoms with Gasteiger partial charge in [-0.05, 0) is 35.9 Å². The molecule has 172 valence electrons. The van der Waals surface area contributed by atoms with Crippen molar-refractivity contribution >= 4 is 52.2 Å². The number of hydrogen-bond acceptors (Lipinski definition) is 8. The number of thioether (sulfide) groups is 1. The molecule has 2 aromatic carbocycles. The zero-order chi connectivity index (χ0) is 24.2. The Morgan fingerprint density at radius 1 is 1.00 bits per heavy atom. The number of esters is 2. The van der Waals surface area contributed by atoms with Crippen LogP contribution in [0, 0.1) is 0 Å². The van der Waals surface area contributed by atoms with Crippen molar-refractivity contribution in [1.29, 1.82) is 0 Å². The quantitative estimate of drug-likeness (QED) is 0.272. The van der Waals surface area contributed by atoms with Crippen molar-refractivity contribution < 1.29 is 28.3 Å². The molecule has 1 aromatic heterocycles. The predicted molar refractivity (Wildman–Crippen MR) is 132 cm³/mol. The second-order valence-corrected chi connectivity index (χ2v) is 8.91. The van der Waals surface area contributed by atoms with Gasteiger partial charge in [0.15, 0.2) is 0 Å². The maximum Gasteiger partial charge on any atom is 0.337 e. The van der Waals surface area contributed by atoms with E-state index in [0.717, 1.165) is 5.56 Å². The number of benzene rings is 2. The number of carbonyl (C=O) groups is 3. The lowest BCUT2D eigenvalue weighted by Gasteiger charge is -2.14. The molecule has 0 unspecified atom stereocenters. The molecule has 1 fully saturated rings. The van der Waals surface area contributed by atoms with Crippen LogP contribution in [0.4, 0.5) is 0 Å². The molecule has 0 bridgehead atoms. The summed E-state index contributed by atoms with van der Waals surface area (Å²) in [5.74, 6) is -0.556. The van der Waals surface area contributed by atoms with Gasteiger partial charge in [-0.3, -0.25) is 9.69 Å². The monoisotopic (exact) mass is 493 g/mol. The van der Waals surface area contributed by atoms with Crippen LogP contribution in [0.2, 0.25) is 0 Å². The van der Waals surface area contributed by atoms with E-state index in [1.165, 1.54) is 32.0 Å². The molecule has 4 rings (SSSR count). The molecular formula is C25H19NO6S2. The number of amides is 1. The second-order valence-electron chi connectivity index (χ2n) is 7.24. The lowest BCUT2D eigenvalue weighted by molar-refractivity contribution is -0.122. The van der Waals surface area contributed by atoms with Gasteiger partial charge >= 0.3 is 11.9 Å². The highest BCUT2D eigenvalue weighted by atomic mass is 32.2. The van der Waals surface area contributed by atoms with Gasteiger partial charge in [-0.2, -0.15) is 0 Å². The summed E-state index contributed by atoms with van der Waals surface area (Å²) in [5, 5.41) is 0. The minimum atomic E-state index is -0.596. The molecule has 0 aliphatic carbocycles. The molecule has 0 saturated carbocycles. The van der Waals surface area contributed by atoms with Crippen molar-refractivity contribution in [3.8, 4) is 11.3 Å². The van der Waals surface area contributed by atoms with E-state index in [1.807, 2.05) is 30.3 Å². The van der Waals surface area contributed by atoms with E-state index < -0.39 is 11.9 Å². The predicted octanol–water partition coefficient (Wildman–Crippen LogP) is 4.92. The summed E-state index contributed by atoms with van der Waals surface area (Å²) in [6, 6.07) is 17.5. The SMILES string of the molecule is COC(=O)c1cc(C(=O)OC)cc(-c2ccc(/C=C3/SC(=S)N(Cc4ccccc4)C3=O)o2)c1. The molecular weight excluding hydrogens is 474 g/mol. The lowest BCUT2D eigenvalue weighted by atomic mass is 10.0. The Morgan fingerprint density at radius 2 is 1.65 bits per heavy atom. The Morgan fingerprint density at radius 3 is 2.26 bits per heavy atom. The zero-order valence-corrected chi connectivity index (χ0v) is 19.9. The number of rotatable bonds is 6. The van der Waals surface area contributed by atoms with Crippen molar-refractivity contribution in [2.45, 2.75) is 6.54 Å². The second kappa shape index (κ2) is 10.1. The molecule has 1 saturated heterocycles. The van der Waals surface area contributed by atoms with E-state index in [4.69, 9.17) is 26.1 Å². The number of furan rings is 1. The molecule has 7 nitrogen and oxygen atoms in total. The first-order chi connectivity index (χ1) is 16.4. The standard InChI is InChI=1S/C25H19NO6S2/c1-30-23(28)17-10-16(11-18(12-17)24(29)31-2)20-9-8-19(32-20)13-21-22(27)26(25(33)34-21)14-15-6-4-3-5-7-15/h3-13H,14H2,1-2H3/b21-13+.